The van der Waals surface area contributed by atoms with Crippen LogP contribution >= 0.6 is 0 Å². The molecule has 1 fully saturated rings. The first-order valence-corrected chi connectivity index (χ1v) is 9.50. The summed E-state index contributed by atoms with van der Waals surface area (Å²) in [5.74, 6) is 0.607. The van der Waals surface area contributed by atoms with Crippen LogP contribution < -0.4 is 10.1 Å². The van der Waals surface area contributed by atoms with E-state index < -0.39 is 0 Å². The molecule has 28 heavy (non-hydrogen) atoms. The van der Waals surface area contributed by atoms with Crippen molar-refractivity contribution in [3.05, 3.63) is 47.3 Å². The van der Waals surface area contributed by atoms with Gasteiger partial charge in [-0.3, -0.25) is 4.79 Å². The van der Waals surface area contributed by atoms with Crippen molar-refractivity contribution in [3.8, 4) is 5.75 Å². The minimum atomic E-state index is -0.217. The number of carbonyl (C=O) groups excluding carboxylic acids is 1. The number of likely N-dealkylation sites (tertiary alicyclic amines) is 1. The number of benzene rings is 1. The van der Waals surface area contributed by atoms with E-state index in [0.29, 0.717) is 33.7 Å². The van der Waals surface area contributed by atoms with Crippen molar-refractivity contribution in [3.63, 3.8) is 0 Å². The van der Waals surface area contributed by atoms with Crippen LogP contribution in [-0.2, 0) is 0 Å². The second-order valence-corrected chi connectivity index (χ2v) is 7.36. The molecule has 1 aliphatic rings. The molecule has 1 saturated heterocycles. The average Bonchev–Trinajstić information content (AvgIpc) is 3.05. The summed E-state index contributed by atoms with van der Waals surface area (Å²) < 4.78 is 11.3. The molecule has 0 atom stereocenters. The summed E-state index contributed by atoms with van der Waals surface area (Å²) in [6.07, 6.45) is 2.32. The molecule has 1 aliphatic heterocycles. The number of pyridine rings is 1. The Morgan fingerprint density at radius 3 is 2.64 bits per heavy atom. The number of anilines is 1. The number of aromatic nitrogens is 2. The summed E-state index contributed by atoms with van der Waals surface area (Å²) in [6, 6.07) is 9.25. The van der Waals surface area contributed by atoms with E-state index in [2.05, 4.69) is 27.4 Å². The van der Waals surface area contributed by atoms with Crippen LogP contribution in [0.25, 0.3) is 11.1 Å². The third-order valence-corrected chi connectivity index (χ3v) is 5.07. The fourth-order valence-corrected chi connectivity index (χ4v) is 3.51. The number of amides is 1. The van der Waals surface area contributed by atoms with E-state index in [0.717, 1.165) is 31.7 Å². The van der Waals surface area contributed by atoms with E-state index in [1.54, 1.807) is 13.0 Å². The molecule has 1 aromatic carbocycles. The van der Waals surface area contributed by atoms with Crippen LogP contribution in [0.5, 0.6) is 5.75 Å². The number of rotatable bonds is 4. The lowest BCUT2D eigenvalue weighted by atomic mass is 10.1. The van der Waals surface area contributed by atoms with E-state index in [-0.39, 0.29) is 12.0 Å². The lowest BCUT2D eigenvalue weighted by Crippen LogP contribution is -2.35. The number of hydrogen-bond acceptors (Lipinski definition) is 6. The van der Waals surface area contributed by atoms with Crippen molar-refractivity contribution in [1.82, 2.24) is 15.0 Å². The number of piperidine rings is 1. The number of ether oxygens (including phenoxy) is 1. The van der Waals surface area contributed by atoms with Gasteiger partial charge in [0.05, 0.1) is 16.6 Å². The third kappa shape index (κ3) is 3.84. The van der Waals surface area contributed by atoms with Crippen molar-refractivity contribution in [2.75, 3.05) is 25.5 Å². The van der Waals surface area contributed by atoms with Crippen molar-refractivity contribution < 1.29 is 14.1 Å². The summed E-state index contributed by atoms with van der Waals surface area (Å²) in [6.45, 7) is 5.74. The Morgan fingerprint density at radius 2 is 1.93 bits per heavy atom. The van der Waals surface area contributed by atoms with Gasteiger partial charge in [0.25, 0.3) is 11.6 Å². The summed E-state index contributed by atoms with van der Waals surface area (Å²) in [5, 5.41) is 7.50. The van der Waals surface area contributed by atoms with Gasteiger partial charge < -0.3 is 19.5 Å². The molecule has 2 aromatic heterocycles. The average molecular weight is 380 g/mol. The van der Waals surface area contributed by atoms with Crippen LogP contribution in [0.15, 0.2) is 34.9 Å². The van der Waals surface area contributed by atoms with Crippen LogP contribution in [0.3, 0.4) is 0 Å². The second-order valence-electron chi connectivity index (χ2n) is 7.36. The maximum Gasteiger partial charge on any atom is 0.258 e. The molecule has 0 saturated carbocycles. The van der Waals surface area contributed by atoms with Gasteiger partial charge in [0.15, 0.2) is 0 Å². The zero-order valence-electron chi connectivity index (χ0n) is 16.4. The van der Waals surface area contributed by atoms with Gasteiger partial charge >= 0.3 is 0 Å². The van der Waals surface area contributed by atoms with Crippen molar-refractivity contribution in [2.24, 2.45) is 0 Å². The fraction of sp³-hybridized carbons (Fsp3) is 0.381. The highest BCUT2D eigenvalue weighted by atomic mass is 16.5. The number of nitrogens with zero attached hydrogens (tertiary/aromatic N) is 3. The zero-order valence-corrected chi connectivity index (χ0v) is 16.4. The summed E-state index contributed by atoms with van der Waals surface area (Å²) in [7, 11) is 2.13. The molecule has 0 radical (unpaired) electrons. The monoisotopic (exact) mass is 380 g/mol. The molecule has 3 heterocycles. The molecular formula is C21H24N4O3. The normalized spacial score (nSPS) is 15.7. The third-order valence-electron chi connectivity index (χ3n) is 5.07. The van der Waals surface area contributed by atoms with Gasteiger partial charge in [0.2, 0.25) is 0 Å². The minimum Gasteiger partial charge on any atom is -0.490 e. The van der Waals surface area contributed by atoms with Gasteiger partial charge in [-0.2, -0.15) is 0 Å². The zero-order chi connectivity index (χ0) is 19.7. The first-order valence-electron chi connectivity index (χ1n) is 9.50. The topological polar surface area (TPSA) is 80.5 Å². The highest BCUT2D eigenvalue weighted by Crippen LogP contribution is 2.24. The summed E-state index contributed by atoms with van der Waals surface area (Å²) in [5.41, 5.74) is 2.94. The van der Waals surface area contributed by atoms with E-state index in [4.69, 9.17) is 9.26 Å². The highest BCUT2D eigenvalue weighted by Gasteiger charge is 2.19. The number of aryl methyl sites for hydroxylation is 2. The highest BCUT2D eigenvalue weighted by molar-refractivity contribution is 6.12. The Labute approximate surface area is 163 Å². The molecule has 7 heteroatoms. The molecule has 0 bridgehead atoms. The number of nitrogens with one attached hydrogen (secondary N) is 1. The smallest absolute Gasteiger partial charge is 0.258 e. The predicted molar refractivity (Wildman–Crippen MR) is 107 cm³/mol. The Balaban J connectivity index is 1.46. The van der Waals surface area contributed by atoms with E-state index >= 15 is 0 Å². The van der Waals surface area contributed by atoms with Gasteiger partial charge in [-0.25, -0.2) is 4.98 Å². The number of carbonyl (C=O) groups is 1. The molecule has 4 rings (SSSR count). The van der Waals surface area contributed by atoms with E-state index in [1.807, 2.05) is 31.2 Å². The molecule has 1 N–H and O–H groups in total. The Bertz CT molecular complexity index is 989. The first kappa shape index (κ1) is 18.4. The molecule has 0 aliphatic carbocycles. The molecular weight excluding hydrogens is 356 g/mol. The predicted octanol–water partition coefficient (Wildman–Crippen LogP) is 3.56. The fourth-order valence-electron chi connectivity index (χ4n) is 3.51. The molecule has 146 valence electrons. The Kier molecular flexibility index (Phi) is 5.00. The van der Waals surface area contributed by atoms with Crippen LogP contribution in [0.4, 0.5) is 5.69 Å². The van der Waals surface area contributed by atoms with Crippen molar-refractivity contribution in [1.29, 1.82) is 0 Å². The molecule has 0 spiro atoms. The molecule has 7 nitrogen and oxygen atoms in total. The first-order chi connectivity index (χ1) is 13.5. The van der Waals surface area contributed by atoms with Crippen LogP contribution in [0.2, 0.25) is 0 Å². The Hall–Kier alpha value is -2.93. The molecule has 1 amide bonds. The van der Waals surface area contributed by atoms with Crippen LogP contribution in [-0.4, -0.2) is 47.2 Å². The molecule has 0 unspecified atom stereocenters. The quantitative estimate of drug-likeness (QED) is 0.745. The van der Waals surface area contributed by atoms with Gasteiger partial charge in [-0.15, -0.1) is 0 Å². The van der Waals surface area contributed by atoms with E-state index in [1.165, 1.54) is 0 Å². The number of fused-ring (bicyclic) bond motifs is 1. The standard InChI is InChI=1S/C21H24N4O3/c1-13-12-18(19-14(2)24-28-21(19)22-13)20(26)23-15-4-6-16(7-5-15)27-17-8-10-25(3)11-9-17/h4-7,12,17H,8-11H2,1-3H3,(H,23,26). The van der Waals surface area contributed by atoms with Crippen LogP contribution in [0.1, 0.15) is 34.6 Å². The maximum absolute atomic E-state index is 12.8. The van der Waals surface area contributed by atoms with Crippen LogP contribution in [0, 0.1) is 13.8 Å². The lowest BCUT2D eigenvalue weighted by molar-refractivity contribution is 0.102. The van der Waals surface area contributed by atoms with Gasteiger partial charge in [-0.1, -0.05) is 5.16 Å². The van der Waals surface area contributed by atoms with Gasteiger partial charge in [0.1, 0.15) is 11.9 Å². The largest absolute Gasteiger partial charge is 0.490 e. The second kappa shape index (κ2) is 7.59. The Morgan fingerprint density at radius 1 is 1.21 bits per heavy atom. The summed E-state index contributed by atoms with van der Waals surface area (Å²) >= 11 is 0. The van der Waals surface area contributed by atoms with Crippen molar-refractivity contribution in [2.45, 2.75) is 32.8 Å². The van der Waals surface area contributed by atoms with E-state index in [9.17, 15) is 4.79 Å². The molecule has 3 aromatic rings. The minimum absolute atomic E-state index is 0.217. The van der Waals surface area contributed by atoms with Gasteiger partial charge in [0, 0.05) is 24.5 Å². The number of hydrogen-bond donors (Lipinski definition) is 1. The summed E-state index contributed by atoms with van der Waals surface area (Å²) in [4.78, 5) is 19.4. The maximum atomic E-state index is 12.8. The SMILES string of the molecule is Cc1cc(C(=O)Nc2ccc(OC3CCN(C)CC3)cc2)c2c(C)noc2n1. The van der Waals surface area contributed by atoms with Gasteiger partial charge in [-0.05, 0) is 64.1 Å². The van der Waals surface area contributed by atoms with Crippen molar-refractivity contribution >= 4 is 22.7 Å². The lowest BCUT2D eigenvalue weighted by Gasteiger charge is -2.29.